The molecule has 1 aliphatic rings. The molecular formula is C23H19ClFN3. The number of benzene rings is 2. The molecule has 0 spiro atoms. The van der Waals surface area contributed by atoms with Crippen molar-refractivity contribution in [2.45, 2.75) is 13.5 Å². The van der Waals surface area contributed by atoms with Crippen LogP contribution in [0.1, 0.15) is 22.3 Å². The second-order valence-corrected chi connectivity index (χ2v) is 7.31. The van der Waals surface area contributed by atoms with Crippen LogP contribution in [0, 0.1) is 24.6 Å². The van der Waals surface area contributed by atoms with Crippen molar-refractivity contribution in [3.8, 4) is 11.8 Å². The largest absolute Gasteiger partial charge is 0.356 e. The lowest BCUT2D eigenvalue weighted by Gasteiger charge is -2.39. The molecule has 3 aromatic rings. The van der Waals surface area contributed by atoms with E-state index in [0.717, 1.165) is 11.1 Å². The van der Waals surface area contributed by atoms with Crippen molar-refractivity contribution in [1.82, 2.24) is 4.98 Å². The molecule has 0 unspecified atom stereocenters. The second-order valence-electron chi connectivity index (χ2n) is 6.90. The van der Waals surface area contributed by atoms with Crippen LogP contribution in [0.5, 0.6) is 0 Å². The number of hydrogen-bond donors (Lipinski definition) is 0. The normalized spacial score (nSPS) is 13.0. The average molecular weight is 392 g/mol. The number of fused-ring (bicyclic) bond motifs is 1. The molecule has 0 aliphatic carbocycles. The maximum atomic E-state index is 15.0. The lowest BCUT2D eigenvalue weighted by Crippen LogP contribution is -2.41. The summed E-state index contributed by atoms with van der Waals surface area (Å²) in [5.41, 5.74) is 5.29. The Morgan fingerprint density at radius 2 is 1.89 bits per heavy atom. The zero-order valence-corrected chi connectivity index (χ0v) is 16.5. The number of aryl methyl sites for hydroxylation is 1. The van der Waals surface area contributed by atoms with E-state index in [-0.39, 0.29) is 5.82 Å². The number of pyridine rings is 1. The Kier molecular flexibility index (Phi) is 4.93. The van der Waals surface area contributed by atoms with Crippen molar-refractivity contribution in [3.63, 3.8) is 0 Å². The predicted molar refractivity (Wildman–Crippen MR) is 112 cm³/mol. The minimum Gasteiger partial charge on any atom is -0.356 e. The van der Waals surface area contributed by atoms with Gasteiger partial charge < -0.3 is 9.80 Å². The van der Waals surface area contributed by atoms with Crippen molar-refractivity contribution in [1.29, 1.82) is 0 Å². The molecule has 3 nitrogen and oxygen atoms in total. The van der Waals surface area contributed by atoms with Crippen LogP contribution in [-0.2, 0) is 6.54 Å². The van der Waals surface area contributed by atoms with Crippen LogP contribution < -0.4 is 9.80 Å². The Labute approximate surface area is 169 Å². The smallest absolute Gasteiger partial charge is 0.149 e. The summed E-state index contributed by atoms with van der Waals surface area (Å²) in [6.07, 6.45) is 3.36. The second kappa shape index (κ2) is 7.53. The van der Waals surface area contributed by atoms with Gasteiger partial charge in [0.1, 0.15) is 5.82 Å². The van der Waals surface area contributed by atoms with Crippen molar-refractivity contribution < 1.29 is 4.39 Å². The van der Waals surface area contributed by atoms with E-state index in [1.807, 2.05) is 30.1 Å². The van der Waals surface area contributed by atoms with Gasteiger partial charge >= 0.3 is 0 Å². The van der Waals surface area contributed by atoms with E-state index >= 15 is 0 Å². The molecule has 0 fully saturated rings. The van der Waals surface area contributed by atoms with Gasteiger partial charge in [0.05, 0.1) is 17.4 Å². The predicted octanol–water partition coefficient (Wildman–Crippen LogP) is 5.00. The number of nitrogens with zero attached hydrogens (tertiary/aromatic N) is 3. The molecule has 140 valence electrons. The summed E-state index contributed by atoms with van der Waals surface area (Å²) in [5, 5.41) is 0.361. The molecule has 0 N–H and O–H groups in total. The monoisotopic (exact) mass is 391 g/mol. The quantitative estimate of drug-likeness (QED) is 0.544. The third-order valence-corrected chi connectivity index (χ3v) is 5.08. The van der Waals surface area contributed by atoms with Crippen LogP contribution in [0.2, 0.25) is 5.02 Å². The van der Waals surface area contributed by atoms with Crippen LogP contribution in [0.25, 0.3) is 0 Å². The van der Waals surface area contributed by atoms with E-state index in [0.29, 0.717) is 29.5 Å². The van der Waals surface area contributed by atoms with Crippen LogP contribution in [0.15, 0.2) is 54.9 Å². The van der Waals surface area contributed by atoms with E-state index in [2.05, 4.69) is 40.8 Å². The maximum absolute atomic E-state index is 15.0. The molecule has 28 heavy (non-hydrogen) atoms. The Balaban J connectivity index is 1.66. The van der Waals surface area contributed by atoms with E-state index in [4.69, 9.17) is 11.6 Å². The van der Waals surface area contributed by atoms with Crippen LogP contribution in [0.3, 0.4) is 0 Å². The van der Waals surface area contributed by atoms with Crippen molar-refractivity contribution >= 4 is 23.0 Å². The van der Waals surface area contributed by atoms with Gasteiger partial charge in [-0.3, -0.25) is 4.98 Å². The minimum atomic E-state index is -0.368. The Morgan fingerprint density at radius 3 is 2.64 bits per heavy atom. The van der Waals surface area contributed by atoms with E-state index in [9.17, 15) is 4.39 Å². The first-order chi connectivity index (χ1) is 13.5. The third kappa shape index (κ3) is 3.54. The van der Waals surface area contributed by atoms with Gasteiger partial charge in [-0.05, 0) is 42.3 Å². The molecule has 2 heterocycles. The fourth-order valence-electron chi connectivity index (χ4n) is 3.65. The fourth-order valence-corrected chi connectivity index (χ4v) is 3.97. The van der Waals surface area contributed by atoms with Crippen LogP contribution in [-0.4, -0.2) is 18.7 Å². The summed E-state index contributed by atoms with van der Waals surface area (Å²) in [6.45, 7) is 3.27. The van der Waals surface area contributed by atoms with Gasteiger partial charge in [-0.1, -0.05) is 41.6 Å². The van der Waals surface area contributed by atoms with E-state index in [1.54, 1.807) is 18.5 Å². The summed E-state index contributed by atoms with van der Waals surface area (Å²) >= 11 is 6.48. The molecular weight excluding hydrogens is 373 g/mol. The Hall–Kier alpha value is -3.03. The maximum Gasteiger partial charge on any atom is 0.149 e. The molecule has 0 saturated heterocycles. The molecule has 1 aromatic heterocycles. The van der Waals surface area contributed by atoms with E-state index < -0.39 is 0 Å². The number of para-hydroxylation sites is 1. The van der Waals surface area contributed by atoms with Crippen LogP contribution >= 0.6 is 11.6 Å². The highest BCUT2D eigenvalue weighted by Gasteiger charge is 2.25. The van der Waals surface area contributed by atoms with Gasteiger partial charge in [-0.2, -0.15) is 0 Å². The zero-order valence-electron chi connectivity index (χ0n) is 15.7. The third-order valence-electron chi connectivity index (χ3n) is 4.79. The highest BCUT2D eigenvalue weighted by molar-refractivity contribution is 6.33. The standard InChI is InChI=1S/C23H19ClFN3/c1-16-5-3-7-19-14-28(15-27(2)22(16)19)23-20(24)11-18(12-21(23)25)9-8-17-6-4-10-26-13-17/h3-7,10-13H,14-15H2,1-2H3. The van der Waals surface area contributed by atoms with E-state index in [1.165, 1.54) is 17.3 Å². The SMILES string of the molecule is Cc1cccc2c1N(C)CN(c1c(F)cc(C#Cc3cccnc3)cc1Cl)C2. The molecule has 0 radical (unpaired) electrons. The topological polar surface area (TPSA) is 19.4 Å². The van der Waals surface area contributed by atoms with Gasteiger partial charge in [0.15, 0.2) is 0 Å². The molecule has 0 atom stereocenters. The summed E-state index contributed by atoms with van der Waals surface area (Å²) < 4.78 is 15.0. The molecule has 5 heteroatoms. The molecule has 0 saturated carbocycles. The molecule has 0 bridgehead atoms. The Morgan fingerprint density at radius 1 is 1.07 bits per heavy atom. The van der Waals surface area contributed by atoms with Gasteiger partial charge in [-0.15, -0.1) is 0 Å². The number of hydrogen-bond acceptors (Lipinski definition) is 3. The van der Waals surface area contributed by atoms with Gasteiger partial charge in [0.25, 0.3) is 0 Å². The van der Waals surface area contributed by atoms with Gasteiger partial charge in [0.2, 0.25) is 0 Å². The van der Waals surface area contributed by atoms with Gasteiger partial charge in [-0.25, -0.2) is 4.39 Å². The fraction of sp³-hybridized carbons (Fsp3) is 0.174. The first-order valence-electron chi connectivity index (χ1n) is 8.98. The highest BCUT2D eigenvalue weighted by Crippen LogP contribution is 2.36. The lowest BCUT2D eigenvalue weighted by atomic mass is 10.0. The van der Waals surface area contributed by atoms with Crippen LogP contribution in [0.4, 0.5) is 15.8 Å². The first kappa shape index (κ1) is 18.3. The number of aromatic nitrogens is 1. The number of anilines is 2. The highest BCUT2D eigenvalue weighted by atomic mass is 35.5. The van der Waals surface area contributed by atoms with Crippen molar-refractivity contribution in [2.24, 2.45) is 0 Å². The lowest BCUT2D eigenvalue weighted by molar-refractivity contribution is 0.610. The van der Waals surface area contributed by atoms with Crippen molar-refractivity contribution in [2.75, 3.05) is 23.5 Å². The van der Waals surface area contributed by atoms with Gasteiger partial charge in [0, 0.05) is 42.8 Å². The summed E-state index contributed by atoms with van der Waals surface area (Å²) in [5.74, 6) is 5.57. The average Bonchev–Trinajstić information content (AvgIpc) is 2.66. The summed E-state index contributed by atoms with van der Waals surface area (Å²) in [7, 11) is 2.01. The molecule has 0 amide bonds. The van der Waals surface area contributed by atoms with Crippen molar-refractivity contribution in [3.05, 3.63) is 88.0 Å². The minimum absolute atomic E-state index is 0.361. The molecule has 2 aromatic carbocycles. The summed E-state index contributed by atoms with van der Waals surface area (Å²) in [6, 6.07) is 13.0. The number of halogens is 2. The molecule has 1 aliphatic heterocycles. The molecule has 4 rings (SSSR count). The number of rotatable bonds is 1. The zero-order chi connectivity index (χ0) is 19.7. The Bertz CT molecular complexity index is 1060. The first-order valence-corrected chi connectivity index (χ1v) is 9.36. The summed E-state index contributed by atoms with van der Waals surface area (Å²) in [4.78, 5) is 8.11.